The highest BCUT2D eigenvalue weighted by Crippen LogP contribution is 2.23. The topological polar surface area (TPSA) is 32.3 Å². The fourth-order valence-corrected chi connectivity index (χ4v) is 1.57. The zero-order valence-electron chi connectivity index (χ0n) is 11.1. The molecule has 0 saturated heterocycles. The third-order valence-electron chi connectivity index (χ3n) is 2.65. The highest BCUT2D eigenvalue weighted by molar-refractivity contribution is 5.92. The van der Waals surface area contributed by atoms with Crippen molar-refractivity contribution >= 4 is 11.6 Å². The summed E-state index contributed by atoms with van der Waals surface area (Å²) in [6, 6.07) is 3.60. The summed E-state index contributed by atoms with van der Waals surface area (Å²) in [5.74, 6) is -1.65. The molecular formula is C14H16F2N2O. The maximum absolute atomic E-state index is 13.6. The molecule has 19 heavy (non-hydrogen) atoms. The first kappa shape index (κ1) is 14.9. The second kappa shape index (κ2) is 6.13. The van der Waals surface area contributed by atoms with Crippen molar-refractivity contribution in [2.45, 2.75) is 6.92 Å². The van der Waals surface area contributed by atoms with E-state index in [4.69, 9.17) is 0 Å². The van der Waals surface area contributed by atoms with Gasteiger partial charge in [-0.2, -0.15) is 0 Å². The first-order valence-corrected chi connectivity index (χ1v) is 5.65. The van der Waals surface area contributed by atoms with Crippen LogP contribution in [0, 0.1) is 11.6 Å². The summed E-state index contributed by atoms with van der Waals surface area (Å²) in [5.41, 5.74) is 0.340. The van der Waals surface area contributed by atoms with Crippen LogP contribution in [0.5, 0.6) is 0 Å². The van der Waals surface area contributed by atoms with E-state index in [1.54, 1.807) is 14.0 Å². The standard InChI is InChI=1S/C14H16F2N2O/c1-9(14(19)17-3)8-18(4)10(2)13-11(15)6-5-7-12(13)16/h5-8H,2H2,1,3-4H3,(H,17,19)/b9-8+. The molecule has 0 unspecified atom stereocenters. The van der Waals surface area contributed by atoms with Crippen LogP contribution in [-0.4, -0.2) is 24.9 Å². The van der Waals surface area contributed by atoms with Gasteiger partial charge in [-0.05, 0) is 19.1 Å². The number of carbonyl (C=O) groups excluding carboxylic acids is 1. The number of halogens is 2. The number of rotatable bonds is 4. The predicted octanol–water partition coefficient (Wildman–Crippen LogP) is 2.52. The number of hydrogen-bond donors (Lipinski definition) is 1. The van der Waals surface area contributed by atoms with Gasteiger partial charge in [0.1, 0.15) is 11.6 Å². The van der Waals surface area contributed by atoms with Crippen molar-refractivity contribution < 1.29 is 13.6 Å². The molecule has 0 atom stereocenters. The minimum atomic E-state index is -0.692. The van der Waals surface area contributed by atoms with Gasteiger partial charge in [0.15, 0.2) is 0 Å². The Hall–Kier alpha value is -2.17. The average Bonchev–Trinajstić information content (AvgIpc) is 2.37. The Kier molecular flexibility index (Phi) is 4.80. The molecule has 0 aromatic heterocycles. The molecule has 1 amide bonds. The van der Waals surface area contributed by atoms with Gasteiger partial charge in [-0.3, -0.25) is 4.79 Å². The molecular weight excluding hydrogens is 250 g/mol. The Labute approximate surface area is 111 Å². The van der Waals surface area contributed by atoms with Crippen molar-refractivity contribution in [1.82, 2.24) is 10.2 Å². The molecule has 1 aromatic rings. The highest BCUT2D eigenvalue weighted by Gasteiger charge is 2.14. The van der Waals surface area contributed by atoms with Gasteiger partial charge in [0.25, 0.3) is 0 Å². The lowest BCUT2D eigenvalue weighted by molar-refractivity contribution is -0.117. The van der Waals surface area contributed by atoms with Gasteiger partial charge in [-0.25, -0.2) is 8.78 Å². The van der Waals surface area contributed by atoms with Gasteiger partial charge in [0, 0.05) is 31.6 Å². The van der Waals surface area contributed by atoms with E-state index in [2.05, 4.69) is 11.9 Å². The minimum absolute atomic E-state index is 0.138. The van der Waals surface area contributed by atoms with E-state index in [-0.39, 0.29) is 17.2 Å². The van der Waals surface area contributed by atoms with Gasteiger partial charge in [0.05, 0.1) is 5.56 Å². The van der Waals surface area contributed by atoms with Crippen LogP contribution in [0.2, 0.25) is 0 Å². The molecule has 0 fully saturated rings. The Morgan fingerprint density at radius 3 is 2.37 bits per heavy atom. The molecule has 0 radical (unpaired) electrons. The molecule has 0 aliphatic carbocycles. The van der Waals surface area contributed by atoms with Gasteiger partial charge in [-0.15, -0.1) is 0 Å². The lowest BCUT2D eigenvalue weighted by Crippen LogP contribution is -2.21. The molecule has 0 heterocycles. The van der Waals surface area contributed by atoms with Crippen LogP contribution in [-0.2, 0) is 4.79 Å². The van der Waals surface area contributed by atoms with Crippen LogP contribution in [0.3, 0.4) is 0 Å². The van der Waals surface area contributed by atoms with Gasteiger partial charge >= 0.3 is 0 Å². The second-order valence-electron chi connectivity index (χ2n) is 4.05. The van der Waals surface area contributed by atoms with Crippen LogP contribution in [0.4, 0.5) is 8.78 Å². The van der Waals surface area contributed by atoms with Gasteiger partial charge < -0.3 is 10.2 Å². The predicted molar refractivity (Wildman–Crippen MR) is 71.0 cm³/mol. The summed E-state index contributed by atoms with van der Waals surface area (Å²) < 4.78 is 27.2. The lowest BCUT2D eigenvalue weighted by Gasteiger charge is -2.19. The molecule has 0 bridgehead atoms. The molecule has 0 saturated carbocycles. The lowest BCUT2D eigenvalue weighted by atomic mass is 10.1. The third kappa shape index (κ3) is 3.40. The van der Waals surface area contributed by atoms with Crippen molar-refractivity contribution in [3.63, 3.8) is 0 Å². The number of hydrogen-bond acceptors (Lipinski definition) is 2. The zero-order chi connectivity index (χ0) is 14.6. The number of likely N-dealkylation sites (N-methyl/N-ethyl adjacent to an activating group) is 1. The maximum atomic E-state index is 13.6. The SMILES string of the molecule is C=C(c1c(F)cccc1F)N(C)/C=C(\C)C(=O)NC. The number of amides is 1. The monoisotopic (exact) mass is 266 g/mol. The Balaban J connectivity index is 3.04. The zero-order valence-corrected chi connectivity index (χ0v) is 11.1. The molecule has 0 spiro atoms. The molecule has 5 heteroatoms. The second-order valence-corrected chi connectivity index (χ2v) is 4.05. The Morgan fingerprint density at radius 1 is 1.37 bits per heavy atom. The Bertz CT molecular complexity index is 518. The highest BCUT2D eigenvalue weighted by atomic mass is 19.1. The minimum Gasteiger partial charge on any atom is -0.355 e. The van der Waals surface area contributed by atoms with E-state index in [1.165, 1.54) is 24.2 Å². The number of benzene rings is 1. The molecule has 1 aromatic carbocycles. The molecule has 3 nitrogen and oxygen atoms in total. The van der Waals surface area contributed by atoms with Gasteiger partial charge in [0.2, 0.25) is 5.91 Å². The van der Waals surface area contributed by atoms with Crippen LogP contribution < -0.4 is 5.32 Å². The third-order valence-corrected chi connectivity index (χ3v) is 2.65. The summed E-state index contributed by atoms with van der Waals surface area (Å²) in [6.07, 6.45) is 1.47. The van der Waals surface area contributed by atoms with Crippen LogP contribution in [0.25, 0.3) is 5.70 Å². The maximum Gasteiger partial charge on any atom is 0.248 e. The fraction of sp³-hybridized carbons (Fsp3) is 0.214. The van der Waals surface area contributed by atoms with E-state index < -0.39 is 11.6 Å². The van der Waals surface area contributed by atoms with Crippen LogP contribution >= 0.6 is 0 Å². The molecule has 1 N–H and O–H groups in total. The summed E-state index contributed by atoms with van der Waals surface area (Å²) in [5, 5.41) is 2.46. The van der Waals surface area contributed by atoms with Crippen molar-refractivity contribution in [2.75, 3.05) is 14.1 Å². The van der Waals surface area contributed by atoms with Crippen molar-refractivity contribution in [2.24, 2.45) is 0 Å². The summed E-state index contributed by atoms with van der Waals surface area (Å²) >= 11 is 0. The van der Waals surface area contributed by atoms with Crippen molar-refractivity contribution in [1.29, 1.82) is 0 Å². The normalized spacial score (nSPS) is 11.1. The number of nitrogens with zero attached hydrogens (tertiary/aromatic N) is 1. The Morgan fingerprint density at radius 2 is 1.89 bits per heavy atom. The van der Waals surface area contributed by atoms with E-state index in [0.717, 1.165) is 12.1 Å². The van der Waals surface area contributed by atoms with E-state index in [1.807, 2.05) is 0 Å². The smallest absolute Gasteiger partial charge is 0.248 e. The first-order chi connectivity index (χ1) is 8.88. The van der Waals surface area contributed by atoms with Crippen LogP contribution in [0.15, 0.2) is 36.6 Å². The van der Waals surface area contributed by atoms with Gasteiger partial charge in [-0.1, -0.05) is 12.6 Å². The molecule has 1 rings (SSSR count). The summed E-state index contributed by atoms with van der Waals surface area (Å²) in [4.78, 5) is 12.8. The summed E-state index contributed by atoms with van der Waals surface area (Å²) in [7, 11) is 3.08. The molecule has 0 aliphatic heterocycles. The van der Waals surface area contributed by atoms with Crippen LogP contribution in [0.1, 0.15) is 12.5 Å². The number of nitrogens with one attached hydrogen (secondary N) is 1. The molecule has 0 aliphatic rings. The largest absolute Gasteiger partial charge is 0.355 e. The van der Waals surface area contributed by atoms with Crippen molar-refractivity contribution in [3.05, 3.63) is 53.7 Å². The number of carbonyl (C=O) groups is 1. The average molecular weight is 266 g/mol. The van der Waals surface area contributed by atoms with E-state index in [9.17, 15) is 13.6 Å². The summed E-state index contributed by atoms with van der Waals surface area (Å²) in [6.45, 7) is 5.25. The van der Waals surface area contributed by atoms with E-state index >= 15 is 0 Å². The molecule has 102 valence electrons. The van der Waals surface area contributed by atoms with E-state index in [0.29, 0.717) is 5.57 Å². The first-order valence-electron chi connectivity index (χ1n) is 5.65. The quantitative estimate of drug-likeness (QED) is 0.849. The van der Waals surface area contributed by atoms with Crippen molar-refractivity contribution in [3.8, 4) is 0 Å². The fourth-order valence-electron chi connectivity index (χ4n) is 1.57.